The van der Waals surface area contributed by atoms with Crippen molar-refractivity contribution >= 4 is 30.1 Å². The number of rotatable bonds is 4. The average Bonchev–Trinajstić information content (AvgIpc) is 2.46. The quantitative estimate of drug-likeness (QED) is 0.867. The van der Waals surface area contributed by atoms with Gasteiger partial charge in [-0.2, -0.15) is 0 Å². The van der Waals surface area contributed by atoms with Crippen LogP contribution in [-0.4, -0.2) is 42.7 Å². The first-order chi connectivity index (χ1) is 8.77. The van der Waals surface area contributed by atoms with E-state index in [1.807, 2.05) is 42.3 Å². The molecular weight excluding hydrogens is 280 g/mol. The summed E-state index contributed by atoms with van der Waals surface area (Å²) in [5.41, 5.74) is 0. The predicted octanol–water partition coefficient (Wildman–Crippen LogP) is 2.41. The molecule has 1 aliphatic heterocycles. The van der Waals surface area contributed by atoms with Gasteiger partial charge in [0.1, 0.15) is 0 Å². The van der Waals surface area contributed by atoms with E-state index < -0.39 is 0 Å². The number of carbonyl (C=O) groups excluding carboxylic acids is 1. The summed E-state index contributed by atoms with van der Waals surface area (Å²) in [5.74, 6) is 0.764. The zero-order valence-electron chi connectivity index (χ0n) is 11.2. The second kappa shape index (κ2) is 8.46. The molecule has 5 heteroatoms. The van der Waals surface area contributed by atoms with Crippen molar-refractivity contribution in [2.45, 2.75) is 23.8 Å². The fourth-order valence-corrected chi connectivity index (χ4v) is 3.00. The number of benzene rings is 1. The number of piperidine rings is 1. The van der Waals surface area contributed by atoms with Gasteiger partial charge in [0.25, 0.3) is 0 Å². The van der Waals surface area contributed by atoms with Crippen LogP contribution in [-0.2, 0) is 4.79 Å². The molecule has 1 fully saturated rings. The summed E-state index contributed by atoms with van der Waals surface area (Å²) in [5, 5.41) is 3.32. The van der Waals surface area contributed by atoms with Crippen LogP contribution in [0.1, 0.15) is 12.8 Å². The number of thioether (sulfide) groups is 1. The number of hydrogen-bond donors (Lipinski definition) is 1. The normalized spacial score (nSPS) is 15.6. The van der Waals surface area contributed by atoms with Crippen molar-refractivity contribution in [3.8, 4) is 0 Å². The lowest BCUT2D eigenvalue weighted by molar-refractivity contribution is -0.129. The van der Waals surface area contributed by atoms with E-state index in [0.29, 0.717) is 11.8 Å². The summed E-state index contributed by atoms with van der Waals surface area (Å²) >= 11 is 1.61. The molecule has 3 nitrogen and oxygen atoms in total. The van der Waals surface area contributed by atoms with E-state index in [0.717, 1.165) is 30.8 Å². The molecule has 1 aliphatic rings. The molecule has 1 heterocycles. The Kier molecular flexibility index (Phi) is 7.28. The monoisotopic (exact) mass is 300 g/mol. The number of amides is 1. The molecule has 0 atom stereocenters. The van der Waals surface area contributed by atoms with Gasteiger partial charge >= 0.3 is 0 Å². The molecule has 19 heavy (non-hydrogen) atoms. The maximum atomic E-state index is 12.1. The van der Waals surface area contributed by atoms with Crippen LogP contribution in [0.5, 0.6) is 0 Å². The van der Waals surface area contributed by atoms with Gasteiger partial charge in [0, 0.05) is 18.0 Å². The van der Waals surface area contributed by atoms with E-state index in [2.05, 4.69) is 5.32 Å². The summed E-state index contributed by atoms with van der Waals surface area (Å²) < 4.78 is 0. The van der Waals surface area contributed by atoms with Crippen LogP contribution in [0.25, 0.3) is 0 Å². The SMILES string of the molecule is CN(C(=O)CSc1ccccc1)C1CCNCC1.Cl. The van der Waals surface area contributed by atoms with Gasteiger partial charge in [0.15, 0.2) is 0 Å². The molecule has 0 unspecified atom stereocenters. The lowest BCUT2D eigenvalue weighted by Crippen LogP contribution is -2.44. The van der Waals surface area contributed by atoms with Crippen molar-refractivity contribution in [2.24, 2.45) is 0 Å². The van der Waals surface area contributed by atoms with Crippen LogP contribution < -0.4 is 5.32 Å². The fraction of sp³-hybridized carbons (Fsp3) is 0.500. The molecule has 2 rings (SSSR count). The zero-order chi connectivity index (χ0) is 12.8. The first-order valence-electron chi connectivity index (χ1n) is 6.41. The van der Waals surface area contributed by atoms with E-state index in [4.69, 9.17) is 0 Å². The van der Waals surface area contributed by atoms with Crippen molar-refractivity contribution in [2.75, 3.05) is 25.9 Å². The molecule has 0 bridgehead atoms. The molecule has 0 spiro atoms. The smallest absolute Gasteiger partial charge is 0.232 e. The van der Waals surface area contributed by atoms with Gasteiger partial charge < -0.3 is 10.2 Å². The minimum atomic E-state index is 0. The molecule has 106 valence electrons. The number of nitrogens with one attached hydrogen (secondary N) is 1. The Hall–Kier alpha value is -0.710. The Bertz CT molecular complexity index is 382. The predicted molar refractivity (Wildman–Crippen MR) is 83.1 cm³/mol. The number of hydrogen-bond acceptors (Lipinski definition) is 3. The highest BCUT2D eigenvalue weighted by molar-refractivity contribution is 8.00. The molecule has 1 aromatic carbocycles. The third-order valence-corrected chi connectivity index (χ3v) is 4.35. The first kappa shape index (κ1) is 16.3. The van der Waals surface area contributed by atoms with Crippen LogP contribution in [0.4, 0.5) is 0 Å². The van der Waals surface area contributed by atoms with Crippen molar-refractivity contribution in [1.29, 1.82) is 0 Å². The number of halogens is 1. The van der Waals surface area contributed by atoms with Gasteiger partial charge in [0.05, 0.1) is 5.75 Å². The van der Waals surface area contributed by atoms with E-state index in [1.54, 1.807) is 11.8 Å². The van der Waals surface area contributed by atoms with Crippen LogP contribution in [0, 0.1) is 0 Å². The van der Waals surface area contributed by atoms with Gasteiger partial charge in [-0.25, -0.2) is 0 Å². The highest BCUT2D eigenvalue weighted by atomic mass is 35.5. The Morgan fingerprint density at radius 3 is 2.58 bits per heavy atom. The lowest BCUT2D eigenvalue weighted by atomic mass is 10.1. The van der Waals surface area contributed by atoms with Crippen molar-refractivity contribution in [1.82, 2.24) is 10.2 Å². The van der Waals surface area contributed by atoms with Crippen molar-refractivity contribution in [3.63, 3.8) is 0 Å². The third kappa shape index (κ3) is 5.05. The highest BCUT2D eigenvalue weighted by Gasteiger charge is 2.21. The molecule has 1 N–H and O–H groups in total. The van der Waals surface area contributed by atoms with Gasteiger partial charge in [-0.1, -0.05) is 18.2 Å². The van der Waals surface area contributed by atoms with E-state index >= 15 is 0 Å². The second-order valence-electron chi connectivity index (χ2n) is 4.59. The number of carbonyl (C=O) groups is 1. The minimum absolute atomic E-state index is 0. The molecule has 1 saturated heterocycles. The summed E-state index contributed by atoms with van der Waals surface area (Å²) in [6, 6.07) is 10.5. The zero-order valence-corrected chi connectivity index (χ0v) is 12.8. The second-order valence-corrected chi connectivity index (χ2v) is 5.64. The Morgan fingerprint density at radius 2 is 1.95 bits per heavy atom. The van der Waals surface area contributed by atoms with Gasteiger partial charge in [0.2, 0.25) is 5.91 Å². The maximum absolute atomic E-state index is 12.1. The molecule has 0 saturated carbocycles. The van der Waals surface area contributed by atoms with Crippen molar-refractivity contribution < 1.29 is 4.79 Å². The largest absolute Gasteiger partial charge is 0.342 e. The first-order valence-corrected chi connectivity index (χ1v) is 7.40. The molecule has 0 aliphatic carbocycles. The molecule has 1 amide bonds. The Labute approximate surface area is 125 Å². The molecular formula is C14H21ClN2OS. The molecule has 0 radical (unpaired) electrons. The standard InChI is InChI=1S/C14H20N2OS.ClH/c1-16(12-7-9-15-10-8-12)14(17)11-18-13-5-3-2-4-6-13;/h2-6,12,15H,7-11H2,1H3;1H. The topological polar surface area (TPSA) is 32.3 Å². The van der Waals surface area contributed by atoms with Crippen LogP contribution in [0.3, 0.4) is 0 Å². The summed E-state index contributed by atoms with van der Waals surface area (Å²) in [6.45, 7) is 2.04. The average molecular weight is 301 g/mol. The third-order valence-electron chi connectivity index (χ3n) is 3.36. The summed E-state index contributed by atoms with van der Waals surface area (Å²) in [7, 11) is 1.93. The van der Waals surface area contributed by atoms with Gasteiger partial charge in [-0.05, 0) is 38.1 Å². The van der Waals surface area contributed by atoms with E-state index in [1.165, 1.54) is 0 Å². The van der Waals surface area contributed by atoms with Crippen molar-refractivity contribution in [3.05, 3.63) is 30.3 Å². The maximum Gasteiger partial charge on any atom is 0.232 e. The Balaban J connectivity index is 0.00000180. The Morgan fingerprint density at radius 1 is 1.32 bits per heavy atom. The van der Waals surface area contributed by atoms with E-state index in [-0.39, 0.29) is 18.3 Å². The highest BCUT2D eigenvalue weighted by Crippen LogP contribution is 2.18. The van der Waals surface area contributed by atoms with Crippen LogP contribution in [0.2, 0.25) is 0 Å². The summed E-state index contributed by atoms with van der Waals surface area (Å²) in [6.07, 6.45) is 2.14. The molecule has 0 aromatic heterocycles. The van der Waals surface area contributed by atoms with Crippen LogP contribution >= 0.6 is 24.2 Å². The summed E-state index contributed by atoms with van der Waals surface area (Å²) in [4.78, 5) is 15.2. The van der Waals surface area contributed by atoms with Crippen LogP contribution in [0.15, 0.2) is 35.2 Å². The fourth-order valence-electron chi connectivity index (χ4n) is 2.16. The lowest BCUT2D eigenvalue weighted by Gasteiger charge is -2.31. The van der Waals surface area contributed by atoms with Gasteiger partial charge in [-0.15, -0.1) is 24.2 Å². The minimum Gasteiger partial charge on any atom is -0.342 e. The van der Waals surface area contributed by atoms with Gasteiger partial charge in [-0.3, -0.25) is 4.79 Å². The van der Waals surface area contributed by atoms with E-state index in [9.17, 15) is 4.79 Å². The number of nitrogens with zero attached hydrogens (tertiary/aromatic N) is 1. The molecule has 1 aromatic rings.